The van der Waals surface area contributed by atoms with Crippen molar-refractivity contribution in [3.8, 4) is 0 Å². The van der Waals surface area contributed by atoms with E-state index in [0.717, 1.165) is 19.3 Å². The molecule has 2 rings (SSSR count). The first-order valence-electron chi connectivity index (χ1n) is 8.00. The third kappa shape index (κ3) is 6.40. The molecule has 0 spiro atoms. The van der Waals surface area contributed by atoms with E-state index in [2.05, 4.69) is 12.2 Å². The predicted octanol–water partition coefficient (Wildman–Crippen LogP) is 5.13. The van der Waals surface area contributed by atoms with Gasteiger partial charge < -0.3 is 10.1 Å². The molecule has 1 amide bonds. The van der Waals surface area contributed by atoms with Crippen LogP contribution in [0, 0.1) is 0 Å². The van der Waals surface area contributed by atoms with Crippen LogP contribution in [0.3, 0.4) is 0 Å². The lowest BCUT2D eigenvalue weighted by Crippen LogP contribution is -2.20. The van der Waals surface area contributed by atoms with Crippen LogP contribution in [0.25, 0.3) is 0 Å². The Labute approximate surface area is 157 Å². The summed E-state index contributed by atoms with van der Waals surface area (Å²) in [5, 5.41) is 3.34. The van der Waals surface area contributed by atoms with Crippen molar-refractivity contribution in [2.24, 2.45) is 0 Å². The molecule has 0 aliphatic heterocycles. The highest BCUT2D eigenvalue weighted by Gasteiger charge is 2.12. The van der Waals surface area contributed by atoms with Crippen LogP contribution >= 0.6 is 23.2 Å². The number of ether oxygens (including phenoxy) is 1. The highest BCUT2D eigenvalue weighted by Crippen LogP contribution is 2.19. The van der Waals surface area contributed by atoms with Gasteiger partial charge in [-0.3, -0.25) is 4.79 Å². The van der Waals surface area contributed by atoms with Crippen LogP contribution in [0.4, 0.5) is 5.69 Å². The fraction of sp³-hybridized carbons (Fsp3) is 0.263. The molecule has 0 heterocycles. The number of anilines is 1. The van der Waals surface area contributed by atoms with E-state index < -0.39 is 11.9 Å². The molecule has 0 aromatic heterocycles. The summed E-state index contributed by atoms with van der Waals surface area (Å²) in [5.74, 6) is -1.07. The van der Waals surface area contributed by atoms with Crippen LogP contribution in [0.5, 0.6) is 0 Å². The zero-order valence-electron chi connectivity index (χ0n) is 13.9. The van der Waals surface area contributed by atoms with Gasteiger partial charge in [0.2, 0.25) is 0 Å². The Morgan fingerprint density at radius 3 is 2.28 bits per heavy atom. The predicted molar refractivity (Wildman–Crippen MR) is 100 cm³/mol. The molecule has 6 heteroatoms. The second kappa shape index (κ2) is 9.44. The number of hydrogen-bond acceptors (Lipinski definition) is 3. The van der Waals surface area contributed by atoms with E-state index >= 15 is 0 Å². The summed E-state index contributed by atoms with van der Waals surface area (Å²) in [5.41, 5.74) is 2.08. The smallest absolute Gasteiger partial charge is 0.338 e. The summed E-state index contributed by atoms with van der Waals surface area (Å²) in [6, 6.07) is 12.0. The van der Waals surface area contributed by atoms with Gasteiger partial charge in [0, 0.05) is 15.7 Å². The maximum absolute atomic E-state index is 11.9. The molecular weight excluding hydrogens is 361 g/mol. The van der Waals surface area contributed by atoms with Gasteiger partial charge in [0.25, 0.3) is 5.91 Å². The molecular formula is C19H19Cl2NO3. The van der Waals surface area contributed by atoms with Gasteiger partial charge in [-0.2, -0.15) is 0 Å². The third-order valence-electron chi connectivity index (χ3n) is 3.49. The number of unbranched alkanes of at least 4 members (excludes halogenated alkanes) is 1. The number of carbonyl (C=O) groups excluding carboxylic acids is 2. The van der Waals surface area contributed by atoms with Crippen LogP contribution in [0.2, 0.25) is 10.0 Å². The molecule has 2 aromatic carbocycles. The lowest BCUT2D eigenvalue weighted by atomic mass is 10.1. The van der Waals surface area contributed by atoms with E-state index in [1.807, 2.05) is 24.3 Å². The number of halogens is 2. The second-order valence-electron chi connectivity index (χ2n) is 5.58. The van der Waals surface area contributed by atoms with E-state index in [1.54, 1.807) is 0 Å². The van der Waals surface area contributed by atoms with E-state index in [4.69, 9.17) is 27.9 Å². The summed E-state index contributed by atoms with van der Waals surface area (Å²) in [6.07, 6.45) is 3.29. The Bertz CT molecular complexity index is 725. The van der Waals surface area contributed by atoms with Gasteiger partial charge in [-0.1, -0.05) is 48.7 Å². The molecule has 0 aliphatic carbocycles. The average molecular weight is 380 g/mol. The molecule has 0 saturated carbocycles. The van der Waals surface area contributed by atoms with Gasteiger partial charge in [-0.15, -0.1) is 0 Å². The molecule has 0 radical (unpaired) electrons. The molecule has 0 aliphatic rings. The van der Waals surface area contributed by atoms with Crippen molar-refractivity contribution in [3.63, 3.8) is 0 Å². The van der Waals surface area contributed by atoms with Crippen molar-refractivity contribution in [1.82, 2.24) is 0 Å². The minimum absolute atomic E-state index is 0.200. The first-order valence-corrected chi connectivity index (χ1v) is 8.75. The Kier molecular flexibility index (Phi) is 7.29. The van der Waals surface area contributed by atoms with Crippen LogP contribution in [-0.2, 0) is 16.0 Å². The normalized spacial score (nSPS) is 10.4. The number of amides is 1. The second-order valence-corrected chi connectivity index (χ2v) is 6.46. The number of hydrogen-bond donors (Lipinski definition) is 1. The fourth-order valence-electron chi connectivity index (χ4n) is 2.22. The molecule has 4 nitrogen and oxygen atoms in total. The van der Waals surface area contributed by atoms with Gasteiger partial charge in [-0.05, 0) is 48.7 Å². The first kappa shape index (κ1) is 19.3. The topological polar surface area (TPSA) is 55.4 Å². The minimum atomic E-state index is -0.658. The zero-order valence-corrected chi connectivity index (χ0v) is 15.4. The van der Waals surface area contributed by atoms with Crippen molar-refractivity contribution in [1.29, 1.82) is 0 Å². The number of carbonyl (C=O) groups is 2. The Balaban J connectivity index is 1.84. The lowest BCUT2D eigenvalue weighted by molar-refractivity contribution is -0.119. The van der Waals surface area contributed by atoms with Gasteiger partial charge >= 0.3 is 5.97 Å². The highest BCUT2D eigenvalue weighted by molar-refractivity contribution is 6.35. The third-order valence-corrected chi connectivity index (χ3v) is 3.93. The maximum atomic E-state index is 11.9. The van der Waals surface area contributed by atoms with Crippen molar-refractivity contribution in [2.45, 2.75) is 26.2 Å². The van der Waals surface area contributed by atoms with Gasteiger partial charge in [0.15, 0.2) is 6.61 Å². The minimum Gasteiger partial charge on any atom is -0.452 e. The van der Waals surface area contributed by atoms with Crippen LogP contribution in [0.15, 0.2) is 42.5 Å². The van der Waals surface area contributed by atoms with E-state index in [-0.39, 0.29) is 12.2 Å². The van der Waals surface area contributed by atoms with Crippen molar-refractivity contribution in [2.75, 3.05) is 11.9 Å². The molecule has 0 bridgehead atoms. The number of nitrogens with one attached hydrogen (secondary N) is 1. The van der Waals surface area contributed by atoms with E-state index in [1.165, 1.54) is 23.8 Å². The summed E-state index contributed by atoms with van der Waals surface area (Å²) >= 11 is 11.7. The Morgan fingerprint density at radius 1 is 1.04 bits per heavy atom. The maximum Gasteiger partial charge on any atom is 0.338 e. The molecule has 0 unspecified atom stereocenters. The molecule has 2 aromatic rings. The molecule has 0 fully saturated rings. The molecule has 0 atom stereocenters. The van der Waals surface area contributed by atoms with Crippen LogP contribution < -0.4 is 5.32 Å². The largest absolute Gasteiger partial charge is 0.452 e. The van der Waals surface area contributed by atoms with Crippen molar-refractivity contribution >= 4 is 40.8 Å². The van der Waals surface area contributed by atoms with Gasteiger partial charge in [0.1, 0.15) is 0 Å². The summed E-state index contributed by atoms with van der Waals surface area (Å²) in [4.78, 5) is 23.8. The SMILES string of the molecule is CCCCc1ccc(NC(=O)COC(=O)c2cc(Cl)cc(Cl)c2)cc1. The van der Waals surface area contributed by atoms with Crippen molar-refractivity contribution in [3.05, 3.63) is 63.6 Å². The number of esters is 1. The van der Waals surface area contributed by atoms with Gasteiger partial charge in [-0.25, -0.2) is 4.79 Å². The van der Waals surface area contributed by atoms with E-state index in [0.29, 0.717) is 15.7 Å². The van der Waals surface area contributed by atoms with Crippen LogP contribution in [0.1, 0.15) is 35.7 Å². The summed E-state index contributed by atoms with van der Waals surface area (Å²) < 4.78 is 4.98. The Hall–Kier alpha value is -2.04. The quantitative estimate of drug-likeness (QED) is 0.678. The highest BCUT2D eigenvalue weighted by atomic mass is 35.5. The summed E-state index contributed by atoms with van der Waals surface area (Å²) in [6.45, 7) is 1.76. The molecule has 132 valence electrons. The van der Waals surface area contributed by atoms with E-state index in [9.17, 15) is 9.59 Å². The first-order chi connectivity index (χ1) is 12.0. The number of benzene rings is 2. The summed E-state index contributed by atoms with van der Waals surface area (Å²) in [7, 11) is 0. The molecule has 0 saturated heterocycles. The molecule has 25 heavy (non-hydrogen) atoms. The lowest BCUT2D eigenvalue weighted by Gasteiger charge is -2.08. The number of rotatable bonds is 7. The van der Waals surface area contributed by atoms with Crippen LogP contribution in [-0.4, -0.2) is 18.5 Å². The average Bonchev–Trinajstić information content (AvgIpc) is 2.58. The zero-order chi connectivity index (χ0) is 18.2. The number of aryl methyl sites for hydroxylation is 1. The monoisotopic (exact) mass is 379 g/mol. The fourth-order valence-corrected chi connectivity index (χ4v) is 2.74. The standard InChI is InChI=1S/C19H19Cl2NO3/c1-2-3-4-13-5-7-17(8-6-13)22-18(23)12-25-19(24)14-9-15(20)11-16(21)10-14/h5-11H,2-4,12H2,1H3,(H,22,23). The van der Waals surface area contributed by atoms with Crippen molar-refractivity contribution < 1.29 is 14.3 Å². The molecule has 1 N–H and O–H groups in total. The Morgan fingerprint density at radius 2 is 1.68 bits per heavy atom. The van der Waals surface area contributed by atoms with Gasteiger partial charge in [0.05, 0.1) is 5.56 Å².